The Morgan fingerprint density at radius 2 is 2.21 bits per heavy atom. The molecule has 1 aromatic rings. The van der Waals surface area contributed by atoms with E-state index >= 15 is 0 Å². The zero-order valence-corrected chi connectivity index (χ0v) is 8.23. The minimum absolute atomic E-state index is 0.258. The molecule has 1 heterocycles. The molecule has 8 heteroatoms. The molecule has 0 aromatic carbocycles. The Bertz CT molecular complexity index is 449. The average molecular weight is 218 g/mol. The van der Waals surface area contributed by atoms with E-state index in [1.54, 1.807) is 7.05 Å². The first-order valence-electron chi connectivity index (χ1n) is 3.62. The predicted molar refractivity (Wildman–Crippen MR) is 47.6 cm³/mol. The molecule has 0 saturated carbocycles. The highest BCUT2D eigenvalue weighted by Crippen LogP contribution is 2.09. The molecule has 78 valence electrons. The lowest BCUT2D eigenvalue weighted by atomic mass is 10.6. The lowest BCUT2D eigenvalue weighted by molar-refractivity contribution is -0.117. The van der Waals surface area contributed by atoms with Crippen molar-refractivity contribution in [3.63, 3.8) is 0 Å². The van der Waals surface area contributed by atoms with Gasteiger partial charge < -0.3 is 16.0 Å². The number of primary amides is 1. The highest BCUT2D eigenvalue weighted by molar-refractivity contribution is 7.92. The van der Waals surface area contributed by atoms with Gasteiger partial charge in [0, 0.05) is 13.2 Å². The van der Waals surface area contributed by atoms with E-state index in [-0.39, 0.29) is 5.03 Å². The average Bonchev–Trinajstić information content (AvgIpc) is 2.50. The smallest absolute Gasteiger partial charge is 0.250 e. The van der Waals surface area contributed by atoms with Crippen LogP contribution in [0.15, 0.2) is 17.6 Å². The maximum absolute atomic E-state index is 11.5. The van der Waals surface area contributed by atoms with Gasteiger partial charge in [-0.1, -0.05) is 0 Å². The number of nitrogens with two attached hydrogens (primary N) is 2. The molecule has 1 rings (SSSR count). The van der Waals surface area contributed by atoms with Crippen LogP contribution in [0, 0.1) is 0 Å². The monoisotopic (exact) mass is 218 g/mol. The minimum atomic E-state index is -3.95. The number of hydrogen-bond donors (Lipinski definition) is 2. The van der Waals surface area contributed by atoms with Crippen LogP contribution in [0.4, 0.5) is 0 Å². The second kappa shape index (κ2) is 3.39. The van der Waals surface area contributed by atoms with Crippen molar-refractivity contribution in [2.45, 2.75) is 10.4 Å². The standard InChI is InChI=1S/C6H10N4O3S/c1-10-2-4(9-3-10)14(12,13)6(8)5(7)11/h2-3,6H,8H2,1H3,(H2,7,11). The fraction of sp³-hybridized carbons (Fsp3) is 0.333. The third kappa shape index (κ3) is 1.75. The Morgan fingerprint density at radius 3 is 2.57 bits per heavy atom. The fourth-order valence-corrected chi connectivity index (χ4v) is 1.89. The zero-order chi connectivity index (χ0) is 10.9. The molecule has 0 fully saturated rings. The Balaban J connectivity index is 3.15. The number of amides is 1. The SMILES string of the molecule is Cn1cnc(S(=O)(=O)C(N)C(N)=O)c1. The quantitative estimate of drug-likeness (QED) is 0.605. The Morgan fingerprint density at radius 1 is 1.64 bits per heavy atom. The first kappa shape index (κ1) is 10.7. The summed E-state index contributed by atoms with van der Waals surface area (Å²) in [5.74, 6) is -1.10. The maximum atomic E-state index is 11.5. The number of nitrogens with zero attached hydrogens (tertiary/aromatic N) is 2. The summed E-state index contributed by atoms with van der Waals surface area (Å²) in [6, 6.07) is 0. The zero-order valence-electron chi connectivity index (χ0n) is 7.41. The van der Waals surface area contributed by atoms with Crippen molar-refractivity contribution in [1.82, 2.24) is 9.55 Å². The van der Waals surface area contributed by atoms with Crippen LogP contribution >= 0.6 is 0 Å². The van der Waals surface area contributed by atoms with Crippen LogP contribution in [0.3, 0.4) is 0 Å². The van der Waals surface area contributed by atoms with E-state index in [1.807, 2.05) is 0 Å². The lowest BCUT2D eigenvalue weighted by Gasteiger charge is -2.05. The Kier molecular flexibility index (Phi) is 2.58. The lowest BCUT2D eigenvalue weighted by Crippen LogP contribution is -2.43. The molecule has 1 aromatic heterocycles. The molecule has 0 aliphatic heterocycles. The molecule has 0 bridgehead atoms. The molecule has 1 amide bonds. The third-order valence-corrected chi connectivity index (χ3v) is 3.28. The number of sulfone groups is 1. The second-order valence-electron chi connectivity index (χ2n) is 2.75. The molecule has 0 aliphatic rings. The van der Waals surface area contributed by atoms with Crippen molar-refractivity contribution in [2.24, 2.45) is 18.5 Å². The van der Waals surface area contributed by atoms with Gasteiger partial charge in [0.05, 0.1) is 6.33 Å². The third-order valence-electron chi connectivity index (χ3n) is 1.59. The number of aromatic nitrogens is 2. The van der Waals surface area contributed by atoms with Crippen molar-refractivity contribution in [2.75, 3.05) is 0 Å². The minimum Gasteiger partial charge on any atom is -0.367 e. The normalized spacial score (nSPS) is 13.9. The Hall–Kier alpha value is -1.41. The molecule has 7 nitrogen and oxygen atoms in total. The molecule has 1 unspecified atom stereocenters. The van der Waals surface area contributed by atoms with Crippen LogP contribution in [0.2, 0.25) is 0 Å². The molecule has 4 N–H and O–H groups in total. The highest BCUT2D eigenvalue weighted by Gasteiger charge is 2.30. The van der Waals surface area contributed by atoms with Gasteiger partial charge in [-0.05, 0) is 0 Å². The van der Waals surface area contributed by atoms with Gasteiger partial charge >= 0.3 is 0 Å². The number of carbonyl (C=O) groups excluding carboxylic acids is 1. The number of aryl methyl sites for hydroxylation is 1. The van der Waals surface area contributed by atoms with Crippen LogP contribution in [0.1, 0.15) is 0 Å². The van der Waals surface area contributed by atoms with E-state index in [9.17, 15) is 13.2 Å². The van der Waals surface area contributed by atoms with Crippen LogP contribution in [-0.4, -0.2) is 29.2 Å². The molecular formula is C6H10N4O3S. The second-order valence-corrected chi connectivity index (χ2v) is 4.76. The van der Waals surface area contributed by atoms with Gasteiger partial charge in [-0.15, -0.1) is 0 Å². The van der Waals surface area contributed by atoms with Crippen LogP contribution < -0.4 is 11.5 Å². The number of hydrogen-bond acceptors (Lipinski definition) is 5. The summed E-state index contributed by atoms with van der Waals surface area (Å²) in [5, 5.41) is -2.01. The molecule has 0 spiro atoms. The largest absolute Gasteiger partial charge is 0.367 e. The first-order chi connectivity index (χ1) is 6.35. The van der Waals surface area contributed by atoms with Crippen molar-refractivity contribution in [3.8, 4) is 0 Å². The van der Waals surface area contributed by atoms with E-state index in [1.165, 1.54) is 17.1 Å². The van der Waals surface area contributed by atoms with E-state index in [2.05, 4.69) is 4.98 Å². The van der Waals surface area contributed by atoms with Crippen LogP contribution in [-0.2, 0) is 21.7 Å². The predicted octanol–water partition coefficient (Wildman–Crippen LogP) is -2.04. The number of imidazole rings is 1. The summed E-state index contributed by atoms with van der Waals surface area (Å²) >= 11 is 0. The number of rotatable bonds is 3. The van der Waals surface area contributed by atoms with Crippen LogP contribution in [0.5, 0.6) is 0 Å². The molecule has 14 heavy (non-hydrogen) atoms. The molecule has 0 aliphatic carbocycles. The topological polar surface area (TPSA) is 121 Å². The van der Waals surface area contributed by atoms with Gasteiger partial charge in [0.1, 0.15) is 0 Å². The van der Waals surface area contributed by atoms with Crippen molar-refractivity contribution < 1.29 is 13.2 Å². The number of carbonyl (C=O) groups is 1. The van der Waals surface area contributed by atoms with E-state index in [4.69, 9.17) is 11.5 Å². The summed E-state index contributed by atoms with van der Waals surface area (Å²) in [6.45, 7) is 0. The van der Waals surface area contributed by atoms with Crippen molar-refractivity contribution in [1.29, 1.82) is 0 Å². The highest BCUT2D eigenvalue weighted by atomic mass is 32.2. The Labute approximate surface area is 80.6 Å². The van der Waals surface area contributed by atoms with Crippen molar-refractivity contribution in [3.05, 3.63) is 12.5 Å². The van der Waals surface area contributed by atoms with Crippen LogP contribution in [0.25, 0.3) is 0 Å². The van der Waals surface area contributed by atoms with E-state index in [0.29, 0.717) is 0 Å². The first-order valence-corrected chi connectivity index (χ1v) is 5.17. The molecular weight excluding hydrogens is 208 g/mol. The molecule has 1 atom stereocenters. The van der Waals surface area contributed by atoms with Gasteiger partial charge in [0.25, 0.3) is 5.91 Å². The van der Waals surface area contributed by atoms with Gasteiger partial charge in [-0.2, -0.15) is 0 Å². The van der Waals surface area contributed by atoms with Gasteiger partial charge in [0.2, 0.25) is 9.84 Å². The van der Waals surface area contributed by atoms with Gasteiger partial charge in [0.15, 0.2) is 10.4 Å². The summed E-state index contributed by atoms with van der Waals surface area (Å²) < 4.78 is 24.4. The summed E-state index contributed by atoms with van der Waals surface area (Å²) in [6.07, 6.45) is 2.54. The maximum Gasteiger partial charge on any atom is 0.250 e. The van der Waals surface area contributed by atoms with Gasteiger partial charge in [-0.3, -0.25) is 4.79 Å². The van der Waals surface area contributed by atoms with E-state index < -0.39 is 21.1 Å². The molecule has 0 radical (unpaired) electrons. The summed E-state index contributed by atoms with van der Waals surface area (Å²) in [7, 11) is -2.35. The fourth-order valence-electron chi connectivity index (χ4n) is 0.819. The van der Waals surface area contributed by atoms with E-state index in [0.717, 1.165) is 0 Å². The molecule has 0 saturated heterocycles. The van der Waals surface area contributed by atoms with Gasteiger partial charge in [-0.25, -0.2) is 13.4 Å². The van der Waals surface area contributed by atoms with Crippen molar-refractivity contribution >= 4 is 15.7 Å². The summed E-state index contributed by atoms with van der Waals surface area (Å²) in [4.78, 5) is 14.2. The summed E-state index contributed by atoms with van der Waals surface area (Å²) in [5.41, 5.74) is 9.91.